The zero-order valence-corrected chi connectivity index (χ0v) is 9.85. The summed E-state index contributed by atoms with van der Waals surface area (Å²) in [6, 6.07) is 0. The van der Waals surface area contributed by atoms with Crippen LogP contribution in [0.1, 0.15) is 20.3 Å². The van der Waals surface area contributed by atoms with E-state index in [1.54, 1.807) is 10.8 Å². The first-order valence-corrected chi connectivity index (χ1v) is 5.49. The van der Waals surface area contributed by atoms with Crippen LogP contribution in [0.5, 0.6) is 0 Å². The fraction of sp³-hybridized carbons (Fsp3) is 0.545. The van der Waals surface area contributed by atoms with Crippen LogP contribution >= 0.6 is 0 Å². The van der Waals surface area contributed by atoms with E-state index in [1.807, 2.05) is 0 Å². The third-order valence-electron chi connectivity index (χ3n) is 3.01. The van der Waals surface area contributed by atoms with Crippen LogP contribution in [0.3, 0.4) is 0 Å². The second kappa shape index (κ2) is 4.47. The molecule has 86 valence electrons. The van der Waals surface area contributed by atoms with Gasteiger partial charge >= 0.3 is 0 Å². The van der Waals surface area contributed by atoms with Crippen LogP contribution in [0.15, 0.2) is 23.8 Å². The maximum absolute atomic E-state index is 4.08. The topological polar surface area (TPSA) is 46.8 Å². The Labute approximate surface area is 95.4 Å². The van der Waals surface area contributed by atoms with Gasteiger partial charge in [0.05, 0.1) is 6.54 Å². The van der Waals surface area contributed by atoms with E-state index >= 15 is 0 Å². The molecule has 5 heteroatoms. The Kier molecular flexibility index (Phi) is 3.03. The van der Waals surface area contributed by atoms with Crippen molar-refractivity contribution in [2.75, 3.05) is 18.0 Å². The summed E-state index contributed by atoms with van der Waals surface area (Å²) in [6.07, 6.45) is 2.89. The maximum atomic E-state index is 4.08. The maximum Gasteiger partial charge on any atom is 0.246 e. The summed E-state index contributed by atoms with van der Waals surface area (Å²) in [5, 5.41) is 11.7. The number of hydrogen-bond acceptors (Lipinski definition) is 4. The lowest BCUT2D eigenvalue weighted by Crippen LogP contribution is -2.33. The predicted octanol–water partition coefficient (Wildman–Crippen LogP) is 1.41. The van der Waals surface area contributed by atoms with E-state index in [1.165, 1.54) is 11.1 Å². The van der Waals surface area contributed by atoms with Crippen LogP contribution < -0.4 is 4.90 Å². The molecule has 0 unspecified atom stereocenters. The minimum Gasteiger partial charge on any atom is -0.335 e. The van der Waals surface area contributed by atoms with Crippen molar-refractivity contribution < 1.29 is 0 Å². The van der Waals surface area contributed by atoms with Gasteiger partial charge in [-0.1, -0.05) is 22.3 Å². The number of tetrazole rings is 1. The van der Waals surface area contributed by atoms with E-state index in [2.05, 4.69) is 40.9 Å². The minimum absolute atomic E-state index is 0.653. The summed E-state index contributed by atoms with van der Waals surface area (Å²) >= 11 is 0. The van der Waals surface area contributed by atoms with Crippen molar-refractivity contribution in [1.82, 2.24) is 20.2 Å². The lowest BCUT2D eigenvalue weighted by atomic mass is 10.0. The van der Waals surface area contributed by atoms with Gasteiger partial charge in [0.2, 0.25) is 5.95 Å². The van der Waals surface area contributed by atoms with Crippen molar-refractivity contribution >= 4 is 5.95 Å². The molecular weight excluding hydrogens is 202 g/mol. The summed E-state index contributed by atoms with van der Waals surface area (Å²) in [7, 11) is 0. The number of allylic oxidation sites excluding steroid dienone is 1. The van der Waals surface area contributed by atoms with Crippen LogP contribution in [0.25, 0.3) is 0 Å². The standard InChI is InChI=1S/C11H17N5/c1-4-6-16-11(12-13-14-16)15-7-5-9(2)10(3)8-15/h4H,1,5-8H2,2-3H3. The van der Waals surface area contributed by atoms with Gasteiger partial charge in [0.25, 0.3) is 0 Å². The molecule has 1 aliphatic rings. The Morgan fingerprint density at radius 1 is 1.38 bits per heavy atom. The molecule has 1 aromatic rings. The molecule has 0 aromatic carbocycles. The second-order valence-corrected chi connectivity index (χ2v) is 4.18. The first kappa shape index (κ1) is 10.9. The highest BCUT2D eigenvalue weighted by atomic mass is 15.6. The molecule has 0 N–H and O–H groups in total. The molecular formula is C11H17N5. The molecule has 2 heterocycles. The zero-order valence-electron chi connectivity index (χ0n) is 9.85. The fourth-order valence-corrected chi connectivity index (χ4v) is 1.85. The Hall–Kier alpha value is -1.65. The van der Waals surface area contributed by atoms with E-state index in [9.17, 15) is 0 Å². The quantitative estimate of drug-likeness (QED) is 0.721. The van der Waals surface area contributed by atoms with Gasteiger partial charge in [0, 0.05) is 13.1 Å². The smallest absolute Gasteiger partial charge is 0.246 e. The van der Waals surface area contributed by atoms with Gasteiger partial charge in [-0.2, -0.15) is 0 Å². The average Bonchev–Trinajstić information content (AvgIpc) is 2.71. The van der Waals surface area contributed by atoms with Crippen LogP contribution in [0.2, 0.25) is 0 Å². The monoisotopic (exact) mass is 219 g/mol. The molecule has 0 atom stereocenters. The van der Waals surface area contributed by atoms with E-state index < -0.39 is 0 Å². The average molecular weight is 219 g/mol. The fourth-order valence-electron chi connectivity index (χ4n) is 1.85. The molecule has 1 aliphatic heterocycles. The van der Waals surface area contributed by atoms with E-state index in [0.717, 1.165) is 25.5 Å². The summed E-state index contributed by atoms with van der Waals surface area (Å²) in [5.74, 6) is 0.840. The van der Waals surface area contributed by atoms with Crippen molar-refractivity contribution in [1.29, 1.82) is 0 Å². The Balaban J connectivity index is 2.19. The summed E-state index contributed by atoms with van der Waals surface area (Å²) < 4.78 is 1.78. The molecule has 16 heavy (non-hydrogen) atoms. The molecule has 0 amide bonds. The van der Waals surface area contributed by atoms with Gasteiger partial charge < -0.3 is 4.90 Å². The van der Waals surface area contributed by atoms with Gasteiger partial charge in [-0.3, -0.25) is 0 Å². The Morgan fingerprint density at radius 3 is 2.88 bits per heavy atom. The molecule has 1 aromatic heterocycles. The number of hydrogen-bond donors (Lipinski definition) is 0. The number of aromatic nitrogens is 4. The highest BCUT2D eigenvalue weighted by Gasteiger charge is 2.19. The summed E-state index contributed by atoms with van der Waals surface area (Å²) in [6.45, 7) is 10.6. The molecule has 5 nitrogen and oxygen atoms in total. The van der Waals surface area contributed by atoms with Crippen molar-refractivity contribution in [2.45, 2.75) is 26.8 Å². The first-order chi connectivity index (χ1) is 7.72. The normalized spacial score (nSPS) is 16.8. The van der Waals surface area contributed by atoms with Crippen LogP contribution in [0.4, 0.5) is 5.95 Å². The molecule has 0 saturated heterocycles. The van der Waals surface area contributed by atoms with Crippen molar-refractivity contribution in [3.05, 3.63) is 23.8 Å². The van der Waals surface area contributed by atoms with E-state index in [0.29, 0.717) is 6.54 Å². The second-order valence-electron chi connectivity index (χ2n) is 4.18. The van der Waals surface area contributed by atoms with Crippen LogP contribution in [-0.2, 0) is 6.54 Å². The van der Waals surface area contributed by atoms with E-state index in [-0.39, 0.29) is 0 Å². The lowest BCUT2D eigenvalue weighted by molar-refractivity contribution is 0.634. The third kappa shape index (κ3) is 1.98. The zero-order chi connectivity index (χ0) is 11.5. The van der Waals surface area contributed by atoms with Crippen LogP contribution in [-0.4, -0.2) is 33.3 Å². The summed E-state index contributed by atoms with van der Waals surface area (Å²) in [4.78, 5) is 2.21. The minimum atomic E-state index is 0.653. The number of anilines is 1. The van der Waals surface area contributed by atoms with Crippen molar-refractivity contribution in [2.24, 2.45) is 0 Å². The summed E-state index contributed by atoms with van der Waals surface area (Å²) in [5.41, 5.74) is 2.90. The molecule has 0 aliphatic carbocycles. The van der Waals surface area contributed by atoms with Gasteiger partial charge in [-0.25, -0.2) is 4.68 Å². The number of nitrogens with zero attached hydrogens (tertiary/aromatic N) is 5. The van der Waals surface area contributed by atoms with Gasteiger partial charge in [-0.05, 0) is 30.7 Å². The largest absolute Gasteiger partial charge is 0.335 e. The third-order valence-corrected chi connectivity index (χ3v) is 3.01. The number of rotatable bonds is 3. The van der Waals surface area contributed by atoms with Crippen molar-refractivity contribution in [3.63, 3.8) is 0 Å². The highest BCUT2D eigenvalue weighted by Crippen LogP contribution is 2.20. The Morgan fingerprint density at radius 2 is 2.19 bits per heavy atom. The van der Waals surface area contributed by atoms with Gasteiger partial charge in [0.1, 0.15) is 0 Å². The highest BCUT2D eigenvalue weighted by molar-refractivity contribution is 5.35. The molecule has 0 spiro atoms. The van der Waals surface area contributed by atoms with E-state index in [4.69, 9.17) is 0 Å². The van der Waals surface area contributed by atoms with Gasteiger partial charge in [0.15, 0.2) is 0 Å². The van der Waals surface area contributed by atoms with Gasteiger partial charge in [-0.15, -0.1) is 6.58 Å². The molecule has 0 saturated carbocycles. The van der Waals surface area contributed by atoms with Crippen LogP contribution in [0, 0.1) is 0 Å². The first-order valence-electron chi connectivity index (χ1n) is 5.49. The van der Waals surface area contributed by atoms with Crippen molar-refractivity contribution in [3.8, 4) is 0 Å². The Bertz CT molecular complexity index is 418. The predicted molar refractivity (Wildman–Crippen MR) is 63.2 cm³/mol. The SMILES string of the molecule is C=CCn1nnnc1N1CCC(C)=C(C)C1. The molecule has 2 rings (SSSR count). The molecule has 0 fully saturated rings. The molecule has 0 bridgehead atoms. The lowest BCUT2D eigenvalue weighted by Gasteiger charge is -2.28. The molecule has 0 radical (unpaired) electrons.